The van der Waals surface area contributed by atoms with Crippen LogP contribution in [0.4, 0.5) is 0 Å². The lowest BCUT2D eigenvalue weighted by atomic mass is 9.87. The van der Waals surface area contributed by atoms with Crippen LogP contribution in [0.2, 0.25) is 10.0 Å². The highest BCUT2D eigenvalue weighted by Crippen LogP contribution is 2.37. The number of hydrogen-bond donors (Lipinski definition) is 4. The first-order valence-electron chi connectivity index (χ1n) is 12.3. The van der Waals surface area contributed by atoms with Crippen molar-refractivity contribution in [3.05, 3.63) is 66.7 Å². The van der Waals surface area contributed by atoms with E-state index in [-0.39, 0.29) is 44.9 Å². The second kappa shape index (κ2) is 15.2. The summed E-state index contributed by atoms with van der Waals surface area (Å²) >= 11 is 14.3. The molecule has 0 saturated heterocycles. The average molecular weight is 709 g/mol. The molecule has 0 fully saturated rings. The highest BCUT2D eigenvalue weighted by molar-refractivity contribution is 14.1. The standard InChI is InChI=1S/C27H31Cl2IN2O8/c1-38-14-24(35)32(12-15-3-4-18(28)19(29)7-15)21-10-17(27(37)31-5-6-33)11-22(25(21)36)40-26-20(30)8-16(13-34)9-23(26)39-2/h3-4,7-9,11,21-22,25,33-34,36H,5-6,10,12-14H2,1-2H3,(H,31,37)/t21-,22+,25+/m1/s1. The van der Waals surface area contributed by atoms with Crippen molar-refractivity contribution in [1.29, 1.82) is 0 Å². The summed E-state index contributed by atoms with van der Waals surface area (Å²) < 4.78 is 17.4. The number of ether oxygens (including phenoxy) is 3. The van der Waals surface area contributed by atoms with Crippen molar-refractivity contribution >= 4 is 57.6 Å². The van der Waals surface area contributed by atoms with Gasteiger partial charge >= 0.3 is 0 Å². The molecule has 0 unspecified atom stereocenters. The molecule has 3 rings (SSSR count). The zero-order valence-electron chi connectivity index (χ0n) is 21.9. The quantitative estimate of drug-likeness (QED) is 0.247. The fourth-order valence-electron chi connectivity index (χ4n) is 4.33. The number of nitrogens with one attached hydrogen (secondary N) is 1. The number of rotatable bonds is 12. The molecule has 4 N–H and O–H groups in total. The Morgan fingerprint density at radius 1 is 1.12 bits per heavy atom. The van der Waals surface area contributed by atoms with E-state index in [4.69, 9.17) is 37.4 Å². The third kappa shape index (κ3) is 7.99. The Bertz CT molecular complexity index is 1250. The van der Waals surface area contributed by atoms with Crippen molar-refractivity contribution in [1.82, 2.24) is 10.2 Å². The number of aliphatic hydroxyl groups is 3. The van der Waals surface area contributed by atoms with E-state index < -0.39 is 30.1 Å². The maximum atomic E-state index is 13.3. The third-order valence-corrected chi connectivity index (χ3v) is 7.81. The van der Waals surface area contributed by atoms with E-state index in [9.17, 15) is 24.9 Å². The van der Waals surface area contributed by atoms with Crippen LogP contribution in [0.25, 0.3) is 0 Å². The number of nitrogens with zero attached hydrogens (tertiary/aromatic N) is 1. The van der Waals surface area contributed by atoms with E-state index in [0.717, 1.165) is 0 Å². The lowest BCUT2D eigenvalue weighted by molar-refractivity contribution is -0.143. The van der Waals surface area contributed by atoms with E-state index in [2.05, 4.69) is 5.32 Å². The van der Waals surface area contributed by atoms with Crippen molar-refractivity contribution in [3.63, 3.8) is 0 Å². The summed E-state index contributed by atoms with van der Waals surface area (Å²) in [7, 11) is 2.84. The van der Waals surface area contributed by atoms with Gasteiger partial charge in [0.1, 0.15) is 18.8 Å². The minimum atomic E-state index is -1.27. The molecule has 218 valence electrons. The molecule has 0 radical (unpaired) electrons. The lowest BCUT2D eigenvalue weighted by Crippen LogP contribution is -2.55. The Morgan fingerprint density at radius 2 is 1.88 bits per heavy atom. The first-order valence-corrected chi connectivity index (χ1v) is 14.1. The molecule has 1 aliphatic rings. The summed E-state index contributed by atoms with van der Waals surface area (Å²) in [6, 6.07) is 7.37. The number of methoxy groups -OCH3 is 2. The number of carbonyl (C=O) groups excluding carboxylic acids is 2. The van der Waals surface area contributed by atoms with Gasteiger partial charge in [-0.25, -0.2) is 0 Å². The zero-order chi connectivity index (χ0) is 29.4. The molecule has 2 aromatic carbocycles. The van der Waals surface area contributed by atoms with Gasteiger partial charge in [-0.1, -0.05) is 29.3 Å². The second-order valence-electron chi connectivity index (χ2n) is 8.99. The van der Waals surface area contributed by atoms with Crippen molar-refractivity contribution in [3.8, 4) is 11.5 Å². The molecule has 0 heterocycles. The van der Waals surface area contributed by atoms with Crippen molar-refractivity contribution in [2.75, 3.05) is 34.0 Å². The van der Waals surface area contributed by atoms with Crippen LogP contribution in [0.15, 0.2) is 42.0 Å². The Labute approximate surface area is 255 Å². The van der Waals surface area contributed by atoms with Crippen LogP contribution < -0.4 is 14.8 Å². The van der Waals surface area contributed by atoms with Gasteiger partial charge in [0.25, 0.3) is 0 Å². The fraction of sp³-hybridized carbons (Fsp3) is 0.407. The summed E-state index contributed by atoms with van der Waals surface area (Å²) in [5.41, 5.74) is 1.52. The molecule has 10 nitrogen and oxygen atoms in total. The smallest absolute Gasteiger partial charge is 0.249 e. The van der Waals surface area contributed by atoms with Crippen LogP contribution in [0.1, 0.15) is 17.5 Å². The van der Waals surface area contributed by atoms with Gasteiger partial charge in [-0.15, -0.1) is 0 Å². The molecule has 0 aromatic heterocycles. The van der Waals surface area contributed by atoms with Gasteiger partial charge in [-0.2, -0.15) is 0 Å². The highest BCUT2D eigenvalue weighted by atomic mass is 127. The monoisotopic (exact) mass is 708 g/mol. The summed E-state index contributed by atoms with van der Waals surface area (Å²) in [6.07, 6.45) is -0.826. The SMILES string of the molecule is COCC(=O)N(Cc1ccc(Cl)c(Cl)c1)[C@@H]1CC(C(=O)NCCO)=C[C@H](Oc2c(I)cc(CO)cc2OC)[C@H]1O. The van der Waals surface area contributed by atoms with Crippen LogP contribution in [-0.2, 0) is 27.5 Å². The largest absolute Gasteiger partial charge is 0.493 e. The molecule has 0 spiro atoms. The minimum absolute atomic E-state index is 0.00669. The van der Waals surface area contributed by atoms with Gasteiger partial charge in [0.05, 0.1) is 40.0 Å². The number of hydrogen-bond acceptors (Lipinski definition) is 8. The lowest BCUT2D eigenvalue weighted by Gasteiger charge is -2.40. The summed E-state index contributed by atoms with van der Waals surface area (Å²) in [6.45, 7) is -0.654. The maximum absolute atomic E-state index is 13.3. The molecular weight excluding hydrogens is 678 g/mol. The van der Waals surface area contributed by atoms with Crippen molar-refractivity contribution < 1.29 is 39.1 Å². The van der Waals surface area contributed by atoms with Crippen LogP contribution in [0.5, 0.6) is 11.5 Å². The Hall–Kier alpha value is -2.13. The fourth-order valence-corrected chi connectivity index (χ4v) is 5.44. The molecule has 2 amide bonds. The summed E-state index contributed by atoms with van der Waals surface area (Å²) in [5.74, 6) is -0.262. The molecule has 0 bridgehead atoms. The van der Waals surface area contributed by atoms with Crippen LogP contribution in [0.3, 0.4) is 0 Å². The van der Waals surface area contributed by atoms with Gasteiger partial charge in [-0.3, -0.25) is 9.59 Å². The molecule has 13 heteroatoms. The summed E-state index contributed by atoms with van der Waals surface area (Å²) in [4.78, 5) is 27.7. The molecule has 0 aliphatic heterocycles. The molecule has 2 aromatic rings. The second-order valence-corrected chi connectivity index (χ2v) is 11.0. The van der Waals surface area contributed by atoms with E-state index in [1.807, 2.05) is 22.6 Å². The highest BCUT2D eigenvalue weighted by Gasteiger charge is 2.41. The van der Waals surface area contributed by atoms with Gasteiger partial charge in [-0.05, 0) is 64.1 Å². The van der Waals surface area contributed by atoms with Gasteiger partial charge in [0.2, 0.25) is 11.8 Å². The normalized spacial score (nSPS) is 18.6. The Balaban J connectivity index is 2.04. The number of amides is 2. The van der Waals surface area contributed by atoms with E-state index >= 15 is 0 Å². The molecule has 1 aliphatic carbocycles. The van der Waals surface area contributed by atoms with Crippen LogP contribution in [-0.4, -0.2) is 84.3 Å². The Kier molecular flexibility index (Phi) is 12.3. The first-order chi connectivity index (χ1) is 19.1. The van der Waals surface area contributed by atoms with E-state index in [1.165, 1.54) is 25.2 Å². The predicted molar refractivity (Wildman–Crippen MR) is 158 cm³/mol. The number of benzene rings is 2. The average Bonchev–Trinajstić information content (AvgIpc) is 2.94. The van der Waals surface area contributed by atoms with Crippen LogP contribution in [0, 0.1) is 3.57 Å². The maximum Gasteiger partial charge on any atom is 0.249 e. The van der Waals surface area contributed by atoms with Crippen LogP contribution >= 0.6 is 45.8 Å². The zero-order valence-corrected chi connectivity index (χ0v) is 25.6. The number of halogens is 3. The molecule has 40 heavy (non-hydrogen) atoms. The number of carbonyl (C=O) groups is 2. The first kappa shape index (κ1) is 32.4. The molecular formula is C27H31Cl2IN2O8. The summed E-state index contributed by atoms with van der Waals surface area (Å²) in [5, 5.41) is 33.6. The topological polar surface area (TPSA) is 138 Å². The minimum Gasteiger partial charge on any atom is -0.493 e. The predicted octanol–water partition coefficient (Wildman–Crippen LogP) is 2.69. The van der Waals surface area contributed by atoms with Gasteiger partial charge in [0, 0.05) is 32.2 Å². The van der Waals surface area contributed by atoms with Gasteiger partial charge < -0.3 is 39.7 Å². The van der Waals surface area contributed by atoms with Crippen molar-refractivity contribution in [2.45, 2.75) is 37.8 Å². The van der Waals surface area contributed by atoms with E-state index in [0.29, 0.717) is 36.2 Å². The number of aliphatic hydroxyl groups excluding tert-OH is 3. The van der Waals surface area contributed by atoms with E-state index in [1.54, 1.807) is 30.3 Å². The third-order valence-electron chi connectivity index (χ3n) is 6.27. The Morgan fingerprint density at radius 3 is 2.50 bits per heavy atom. The van der Waals surface area contributed by atoms with Gasteiger partial charge in [0.15, 0.2) is 11.5 Å². The molecule has 0 saturated carbocycles. The van der Waals surface area contributed by atoms with Crippen molar-refractivity contribution in [2.24, 2.45) is 0 Å². The molecule has 3 atom stereocenters.